The highest BCUT2D eigenvalue weighted by Gasteiger charge is 2.28. The zero-order valence-corrected chi connectivity index (χ0v) is 19.7. The number of benzene rings is 1. The summed E-state index contributed by atoms with van der Waals surface area (Å²) in [5.41, 5.74) is 12.4. The molecule has 0 radical (unpaired) electrons. The summed E-state index contributed by atoms with van der Waals surface area (Å²) in [4.78, 5) is 63.4. The quantitative estimate of drug-likeness (QED) is 0.189. The van der Waals surface area contributed by atoms with Gasteiger partial charge >= 0.3 is 5.97 Å². The molecule has 1 aromatic carbocycles. The Balaban J connectivity index is 2.03. The highest BCUT2D eigenvalue weighted by atomic mass is 16.4. The fraction of sp³-hybridized carbons (Fsp3) is 0.435. The highest BCUT2D eigenvalue weighted by Crippen LogP contribution is 2.19. The molecule has 2 aromatic rings. The Labute approximate surface area is 202 Å². The van der Waals surface area contributed by atoms with E-state index in [1.165, 1.54) is 0 Å². The molecule has 12 nitrogen and oxygen atoms in total. The molecule has 0 aliphatic heterocycles. The second-order valence-electron chi connectivity index (χ2n) is 8.71. The number of hydrogen-bond donors (Lipinski definition) is 7. The van der Waals surface area contributed by atoms with Gasteiger partial charge in [0, 0.05) is 23.5 Å². The number of H-pyrrole nitrogens is 1. The SMILES string of the molecule is CC(C)CC(N)C(=O)NCC(=O)NC(CC(N)=O)C(=O)NC(Cc1c[nH]c2ccccc12)C(=O)O. The first-order chi connectivity index (χ1) is 16.5. The van der Waals surface area contributed by atoms with E-state index in [4.69, 9.17) is 11.5 Å². The van der Waals surface area contributed by atoms with Crippen molar-refractivity contribution in [2.24, 2.45) is 17.4 Å². The number of aromatic nitrogens is 1. The molecule has 12 heteroatoms. The minimum atomic E-state index is -1.42. The predicted octanol–water partition coefficient (Wildman–Crippen LogP) is -0.870. The van der Waals surface area contributed by atoms with Crippen LogP contribution in [0.4, 0.5) is 0 Å². The van der Waals surface area contributed by atoms with Crippen molar-refractivity contribution in [3.8, 4) is 0 Å². The van der Waals surface area contributed by atoms with Gasteiger partial charge in [-0.1, -0.05) is 32.0 Å². The van der Waals surface area contributed by atoms with Crippen LogP contribution in [0, 0.1) is 5.92 Å². The minimum absolute atomic E-state index is 0.0356. The molecule has 0 fully saturated rings. The van der Waals surface area contributed by atoms with E-state index >= 15 is 0 Å². The van der Waals surface area contributed by atoms with Gasteiger partial charge in [-0.05, 0) is 24.0 Å². The van der Waals surface area contributed by atoms with Crippen LogP contribution in [-0.2, 0) is 30.4 Å². The lowest BCUT2D eigenvalue weighted by Crippen LogP contribution is -2.55. The van der Waals surface area contributed by atoms with Crippen LogP contribution in [-0.4, -0.2) is 64.4 Å². The molecular formula is C23H32N6O6. The maximum absolute atomic E-state index is 12.8. The van der Waals surface area contributed by atoms with Crippen molar-refractivity contribution in [3.05, 3.63) is 36.0 Å². The standard InChI is InChI=1S/C23H32N6O6/c1-12(2)7-15(24)21(32)27-11-20(31)28-17(9-19(25)30)22(33)29-18(23(34)35)8-13-10-26-16-6-4-3-5-14(13)16/h3-6,10,12,15,17-18,26H,7-9,11,24H2,1-2H3,(H2,25,30)(H,27,32)(H,28,31)(H,29,33)(H,34,35). The molecule has 1 heterocycles. The molecule has 2 rings (SSSR count). The number of fused-ring (bicyclic) bond motifs is 1. The van der Waals surface area contributed by atoms with Gasteiger partial charge in [0.15, 0.2) is 0 Å². The third-order valence-corrected chi connectivity index (χ3v) is 5.26. The molecule has 0 saturated heterocycles. The first-order valence-corrected chi connectivity index (χ1v) is 11.2. The number of carbonyl (C=O) groups is 5. The van der Waals surface area contributed by atoms with Gasteiger partial charge in [-0.3, -0.25) is 19.2 Å². The number of aromatic amines is 1. The Kier molecular flexibility index (Phi) is 9.76. The zero-order valence-electron chi connectivity index (χ0n) is 19.7. The van der Waals surface area contributed by atoms with Crippen LogP contribution in [0.5, 0.6) is 0 Å². The van der Waals surface area contributed by atoms with Crippen LogP contribution in [0.3, 0.4) is 0 Å². The lowest BCUT2D eigenvalue weighted by Gasteiger charge is -2.21. The molecule has 3 unspecified atom stereocenters. The van der Waals surface area contributed by atoms with Crippen LogP contribution in [0.15, 0.2) is 30.5 Å². The average molecular weight is 489 g/mol. The van der Waals surface area contributed by atoms with Crippen molar-refractivity contribution < 1.29 is 29.1 Å². The van der Waals surface area contributed by atoms with Crippen LogP contribution in [0.1, 0.15) is 32.3 Å². The first kappa shape index (κ1) is 27.3. The number of rotatable bonds is 13. The summed E-state index contributed by atoms with van der Waals surface area (Å²) in [6.45, 7) is 3.32. The monoisotopic (exact) mass is 488 g/mol. The van der Waals surface area contributed by atoms with Crippen molar-refractivity contribution >= 4 is 40.5 Å². The number of carboxylic acids is 1. The normalized spacial score (nSPS) is 13.6. The van der Waals surface area contributed by atoms with Crippen LogP contribution in [0.25, 0.3) is 10.9 Å². The van der Waals surface area contributed by atoms with Crippen molar-refractivity contribution in [2.75, 3.05) is 6.54 Å². The molecule has 0 aliphatic rings. The number of carboxylic acid groups (broad SMARTS) is 1. The number of primary amides is 1. The molecule has 0 bridgehead atoms. The van der Waals surface area contributed by atoms with E-state index in [2.05, 4.69) is 20.9 Å². The molecule has 9 N–H and O–H groups in total. The van der Waals surface area contributed by atoms with E-state index in [1.807, 2.05) is 32.0 Å². The van der Waals surface area contributed by atoms with Crippen LogP contribution < -0.4 is 27.4 Å². The van der Waals surface area contributed by atoms with Gasteiger partial charge in [-0.15, -0.1) is 0 Å². The smallest absolute Gasteiger partial charge is 0.326 e. The summed E-state index contributed by atoms with van der Waals surface area (Å²) in [6, 6.07) is 3.74. The fourth-order valence-corrected chi connectivity index (χ4v) is 3.56. The van der Waals surface area contributed by atoms with E-state index in [1.54, 1.807) is 12.3 Å². The molecule has 1 aromatic heterocycles. The van der Waals surface area contributed by atoms with Crippen LogP contribution >= 0.6 is 0 Å². The average Bonchev–Trinajstić information content (AvgIpc) is 3.18. The lowest BCUT2D eigenvalue weighted by molar-refractivity contribution is -0.142. The molecule has 0 aliphatic carbocycles. The first-order valence-electron chi connectivity index (χ1n) is 11.2. The summed E-state index contributed by atoms with van der Waals surface area (Å²) < 4.78 is 0. The van der Waals surface area contributed by atoms with Crippen molar-refractivity contribution in [3.63, 3.8) is 0 Å². The van der Waals surface area contributed by atoms with E-state index < -0.39 is 60.7 Å². The Bertz CT molecular complexity index is 1080. The number of hydrogen-bond acceptors (Lipinski definition) is 6. The summed E-state index contributed by atoms with van der Waals surface area (Å²) in [6.07, 6.45) is 1.49. The second-order valence-corrected chi connectivity index (χ2v) is 8.71. The van der Waals surface area contributed by atoms with E-state index in [0.29, 0.717) is 12.0 Å². The summed E-state index contributed by atoms with van der Waals surface area (Å²) in [7, 11) is 0. The maximum atomic E-state index is 12.8. The Morgan fingerprint density at radius 1 is 1.03 bits per heavy atom. The van der Waals surface area contributed by atoms with Gasteiger partial charge in [-0.2, -0.15) is 0 Å². The number of carbonyl (C=O) groups excluding carboxylic acids is 4. The van der Waals surface area contributed by atoms with E-state index in [9.17, 15) is 29.1 Å². The lowest BCUT2D eigenvalue weighted by atomic mass is 10.0. The topological polar surface area (TPSA) is 209 Å². The third kappa shape index (κ3) is 8.41. The van der Waals surface area contributed by atoms with Crippen molar-refractivity contribution in [1.82, 2.24) is 20.9 Å². The summed E-state index contributed by atoms with van der Waals surface area (Å²) >= 11 is 0. The van der Waals surface area contributed by atoms with Gasteiger partial charge in [0.1, 0.15) is 12.1 Å². The molecule has 190 valence electrons. The summed E-state index contributed by atoms with van der Waals surface area (Å²) in [5.74, 6) is -4.18. The minimum Gasteiger partial charge on any atom is -0.480 e. The molecular weight excluding hydrogens is 456 g/mol. The maximum Gasteiger partial charge on any atom is 0.326 e. The third-order valence-electron chi connectivity index (χ3n) is 5.26. The number of nitrogens with one attached hydrogen (secondary N) is 4. The zero-order chi connectivity index (χ0) is 26.1. The number of amides is 4. The molecule has 0 saturated carbocycles. The molecule has 0 spiro atoms. The Hall–Kier alpha value is -3.93. The molecule has 4 amide bonds. The number of para-hydroxylation sites is 1. The van der Waals surface area contributed by atoms with Crippen molar-refractivity contribution in [2.45, 2.75) is 51.2 Å². The highest BCUT2D eigenvalue weighted by molar-refractivity contribution is 5.95. The van der Waals surface area contributed by atoms with Crippen LogP contribution in [0.2, 0.25) is 0 Å². The number of aliphatic carboxylic acids is 1. The predicted molar refractivity (Wildman–Crippen MR) is 128 cm³/mol. The van der Waals surface area contributed by atoms with Gasteiger partial charge in [0.25, 0.3) is 0 Å². The van der Waals surface area contributed by atoms with E-state index in [-0.39, 0.29) is 12.3 Å². The fourth-order valence-electron chi connectivity index (χ4n) is 3.56. The molecule has 3 atom stereocenters. The summed E-state index contributed by atoms with van der Waals surface area (Å²) in [5, 5.41) is 17.5. The molecule has 35 heavy (non-hydrogen) atoms. The number of nitrogens with two attached hydrogens (primary N) is 2. The van der Waals surface area contributed by atoms with E-state index in [0.717, 1.165) is 10.9 Å². The largest absolute Gasteiger partial charge is 0.480 e. The second kappa shape index (κ2) is 12.5. The van der Waals surface area contributed by atoms with Gasteiger partial charge in [-0.25, -0.2) is 4.79 Å². The Morgan fingerprint density at radius 3 is 2.34 bits per heavy atom. The Morgan fingerprint density at radius 2 is 1.71 bits per heavy atom. The van der Waals surface area contributed by atoms with Gasteiger partial charge in [0.2, 0.25) is 23.6 Å². The van der Waals surface area contributed by atoms with Crippen molar-refractivity contribution in [1.29, 1.82) is 0 Å². The van der Waals surface area contributed by atoms with Gasteiger partial charge < -0.3 is 37.5 Å². The van der Waals surface area contributed by atoms with Gasteiger partial charge in [0.05, 0.1) is 19.0 Å².